The molecular formula is C13H14FN5O2S2. The third-order valence-corrected chi connectivity index (χ3v) is 4.62. The molecule has 23 heavy (non-hydrogen) atoms. The van der Waals surface area contributed by atoms with Crippen molar-refractivity contribution < 1.29 is 14.0 Å². The summed E-state index contributed by atoms with van der Waals surface area (Å²) in [6, 6.07) is 5.41. The van der Waals surface area contributed by atoms with Crippen molar-refractivity contribution in [2.75, 3.05) is 12.4 Å². The van der Waals surface area contributed by atoms with E-state index in [-0.39, 0.29) is 5.82 Å². The maximum absolute atomic E-state index is 13.1. The highest BCUT2D eigenvalue weighted by atomic mass is 32.2. The molecule has 0 saturated heterocycles. The number of amides is 3. The lowest BCUT2D eigenvalue weighted by Gasteiger charge is -2.08. The summed E-state index contributed by atoms with van der Waals surface area (Å²) in [5, 5.41) is 15.3. The van der Waals surface area contributed by atoms with Crippen LogP contribution in [-0.2, 0) is 4.79 Å². The fourth-order valence-electron chi connectivity index (χ4n) is 1.48. The second-order valence-electron chi connectivity index (χ2n) is 4.34. The number of halogens is 1. The van der Waals surface area contributed by atoms with Gasteiger partial charge in [0, 0.05) is 12.7 Å². The number of nitrogens with one attached hydrogen (secondary N) is 3. The first-order valence-electron chi connectivity index (χ1n) is 6.53. The number of carbonyl (C=O) groups is 2. The van der Waals surface area contributed by atoms with Crippen molar-refractivity contribution in [1.29, 1.82) is 0 Å². The highest BCUT2D eigenvalue weighted by molar-refractivity contribution is 8.02. The highest BCUT2D eigenvalue weighted by Gasteiger charge is 2.18. The average molecular weight is 355 g/mol. The molecule has 3 N–H and O–H groups in total. The number of hydrogen-bond donors (Lipinski definition) is 3. The number of urea groups is 1. The molecule has 2 aromatic rings. The minimum atomic E-state index is -0.562. The molecule has 1 atom stereocenters. The normalized spacial score (nSPS) is 11.6. The lowest BCUT2D eigenvalue weighted by atomic mass is 10.3. The van der Waals surface area contributed by atoms with Gasteiger partial charge >= 0.3 is 6.03 Å². The molecule has 10 heteroatoms. The van der Waals surface area contributed by atoms with Crippen LogP contribution in [0.2, 0.25) is 0 Å². The van der Waals surface area contributed by atoms with E-state index in [9.17, 15) is 14.0 Å². The minimum absolute atomic E-state index is 0.353. The second-order valence-corrected chi connectivity index (χ2v) is 6.90. The van der Waals surface area contributed by atoms with Crippen molar-refractivity contribution >= 4 is 45.9 Å². The van der Waals surface area contributed by atoms with Crippen molar-refractivity contribution in [1.82, 2.24) is 20.8 Å². The van der Waals surface area contributed by atoms with Crippen LogP contribution in [-0.4, -0.2) is 34.4 Å². The van der Waals surface area contributed by atoms with E-state index < -0.39 is 17.2 Å². The number of carbonyl (C=O) groups excluding carboxylic acids is 2. The first-order valence-corrected chi connectivity index (χ1v) is 8.23. The van der Waals surface area contributed by atoms with Gasteiger partial charge in [0.1, 0.15) is 5.82 Å². The number of rotatable bonds is 5. The summed E-state index contributed by atoms with van der Waals surface area (Å²) in [6.07, 6.45) is 0. The van der Waals surface area contributed by atoms with E-state index >= 15 is 0 Å². The first kappa shape index (κ1) is 17.2. The molecule has 0 aliphatic rings. The van der Waals surface area contributed by atoms with E-state index in [0.717, 1.165) is 0 Å². The van der Waals surface area contributed by atoms with Gasteiger partial charge in [0.05, 0.1) is 5.25 Å². The molecule has 122 valence electrons. The Labute approximate surface area is 140 Å². The predicted octanol–water partition coefficient (Wildman–Crippen LogP) is 2.36. The molecule has 0 spiro atoms. The largest absolute Gasteiger partial charge is 0.341 e. The molecule has 1 heterocycles. The fourth-order valence-corrected chi connectivity index (χ4v) is 3.39. The Kier molecular flexibility index (Phi) is 5.88. The molecule has 0 aliphatic heterocycles. The van der Waals surface area contributed by atoms with E-state index in [1.54, 1.807) is 19.1 Å². The van der Waals surface area contributed by atoms with E-state index in [0.29, 0.717) is 15.2 Å². The zero-order valence-electron chi connectivity index (χ0n) is 12.3. The number of benzene rings is 1. The van der Waals surface area contributed by atoms with E-state index in [1.165, 1.54) is 42.3 Å². The summed E-state index contributed by atoms with van der Waals surface area (Å²) in [5.74, 6) is -0.780. The van der Waals surface area contributed by atoms with Gasteiger partial charge in [-0.25, -0.2) is 9.18 Å². The van der Waals surface area contributed by atoms with Gasteiger partial charge in [-0.15, -0.1) is 10.2 Å². The van der Waals surface area contributed by atoms with Gasteiger partial charge in [-0.1, -0.05) is 29.2 Å². The maximum atomic E-state index is 13.1. The van der Waals surface area contributed by atoms with Gasteiger partial charge in [0.25, 0.3) is 0 Å². The van der Waals surface area contributed by atoms with Crippen LogP contribution in [0.25, 0.3) is 0 Å². The second kappa shape index (κ2) is 7.88. The standard InChI is InChI=1S/C13H14FN5O2S2/c1-7(10(20)17-11(21)15-2)22-13-19-18-12(23-13)16-9-5-3-4-8(14)6-9/h3-7H,1-2H3,(H,16,18)(H2,15,17,20,21)/t7-/m1/s1. The number of hydrogen-bond acceptors (Lipinski definition) is 7. The van der Waals surface area contributed by atoms with Crippen LogP contribution in [0, 0.1) is 5.82 Å². The number of thioether (sulfide) groups is 1. The van der Waals surface area contributed by atoms with E-state index in [4.69, 9.17) is 0 Å². The van der Waals surface area contributed by atoms with Crippen molar-refractivity contribution in [3.05, 3.63) is 30.1 Å². The molecule has 0 fully saturated rings. The Morgan fingerprint density at radius 3 is 2.83 bits per heavy atom. The fraction of sp³-hybridized carbons (Fsp3) is 0.231. The molecule has 1 aromatic heterocycles. The van der Waals surface area contributed by atoms with E-state index in [2.05, 4.69) is 26.1 Å². The zero-order valence-corrected chi connectivity index (χ0v) is 13.9. The number of nitrogens with zero attached hydrogens (tertiary/aromatic N) is 2. The molecule has 0 saturated carbocycles. The SMILES string of the molecule is CNC(=O)NC(=O)[C@@H](C)Sc1nnc(Nc2cccc(F)c2)s1. The van der Waals surface area contributed by atoms with Crippen molar-refractivity contribution in [2.24, 2.45) is 0 Å². The summed E-state index contributed by atoms with van der Waals surface area (Å²) in [4.78, 5) is 22.9. The number of anilines is 2. The van der Waals surface area contributed by atoms with Gasteiger partial charge in [0.2, 0.25) is 11.0 Å². The van der Waals surface area contributed by atoms with Crippen LogP contribution < -0.4 is 16.0 Å². The van der Waals surface area contributed by atoms with Gasteiger partial charge in [-0.3, -0.25) is 10.1 Å². The van der Waals surface area contributed by atoms with Crippen molar-refractivity contribution in [3.8, 4) is 0 Å². The van der Waals surface area contributed by atoms with Crippen molar-refractivity contribution in [2.45, 2.75) is 16.5 Å². The zero-order chi connectivity index (χ0) is 16.8. The summed E-state index contributed by atoms with van der Waals surface area (Å²) in [6.45, 7) is 1.66. The molecular weight excluding hydrogens is 341 g/mol. The highest BCUT2D eigenvalue weighted by Crippen LogP contribution is 2.30. The molecule has 7 nitrogen and oxygen atoms in total. The van der Waals surface area contributed by atoms with Crippen LogP contribution in [0.3, 0.4) is 0 Å². The van der Waals surface area contributed by atoms with Gasteiger partial charge in [0.15, 0.2) is 4.34 Å². The van der Waals surface area contributed by atoms with Gasteiger partial charge < -0.3 is 10.6 Å². The van der Waals surface area contributed by atoms with Crippen molar-refractivity contribution in [3.63, 3.8) is 0 Å². The van der Waals surface area contributed by atoms with E-state index in [1.807, 2.05) is 0 Å². The Morgan fingerprint density at radius 1 is 1.35 bits per heavy atom. The summed E-state index contributed by atoms with van der Waals surface area (Å²) in [5.41, 5.74) is 0.558. The Hall–Kier alpha value is -2.20. The lowest BCUT2D eigenvalue weighted by Crippen LogP contribution is -2.41. The summed E-state index contributed by atoms with van der Waals surface area (Å²) < 4.78 is 13.7. The maximum Gasteiger partial charge on any atom is 0.321 e. The Bertz CT molecular complexity index is 709. The lowest BCUT2D eigenvalue weighted by molar-refractivity contribution is -0.119. The number of imide groups is 1. The quantitative estimate of drug-likeness (QED) is 0.713. The van der Waals surface area contributed by atoms with Gasteiger partial charge in [-0.05, 0) is 25.1 Å². The average Bonchev–Trinajstić information content (AvgIpc) is 2.94. The van der Waals surface area contributed by atoms with Crippen LogP contribution in [0.15, 0.2) is 28.6 Å². The van der Waals surface area contributed by atoms with Crippen LogP contribution in [0.4, 0.5) is 20.0 Å². The molecule has 0 bridgehead atoms. The molecule has 0 aliphatic carbocycles. The van der Waals surface area contributed by atoms with Crippen LogP contribution in [0.5, 0.6) is 0 Å². The topological polar surface area (TPSA) is 96.0 Å². The summed E-state index contributed by atoms with van der Waals surface area (Å²) >= 11 is 2.41. The smallest absolute Gasteiger partial charge is 0.321 e. The molecule has 2 rings (SSSR count). The Balaban J connectivity index is 1.94. The summed E-state index contributed by atoms with van der Waals surface area (Å²) in [7, 11) is 1.43. The Morgan fingerprint density at radius 2 is 2.13 bits per heavy atom. The molecule has 1 aromatic carbocycles. The number of aromatic nitrogens is 2. The van der Waals surface area contributed by atoms with Crippen LogP contribution >= 0.6 is 23.1 Å². The first-order chi connectivity index (χ1) is 11.0. The molecule has 3 amide bonds. The predicted molar refractivity (Wildman–Crippen MR) is 87.5 cm³/mol. The van der Waals surface area contributed by atoms with Gasteiger partial charge in [-0.2, -0.15) is 0 Å². The minimum Gasteiger partial charge on any atom is -0.341 e. The monoisotopic (exact) mass is 355 g/mol. The van der Waals surface area contributed by atoms with Crippen LogP contribution in [0.1, 0.15) is 6.92 Å². The molecule has 0 unspecified atom stereocenters. The third kappa shape index (κ3) is 5.18. The third-order valence-electron chi connectivity index (χ3n) is 2.59. The molecule has 0 radical (unpaired) electrons.